The normalized spacial score (nSPS) is 11.2. The van der Waals surface area contributed by atoms with Crippen LogP contribution in [0.5, 0.6) is 0 Å². The molecule has 0 aliphatic carbocycles. The number of anilines is 1. The quantitative estimate of drug-likeness (QED) is 0.822. The molecule has 0 fully saturated rings. The molecule has 116 valence electrons. The smallest absolute Gasteiger partial charge is 0.331 e. The van der Waals surface area contributed by atoms with Gasteiger partial charge in [0.05, 0.1) is 16.8 Å². The fraction of sp³-hybridized carbons (Fsp3) is 0.286. The van der Waals surface area contributed by atoms with E-state index in [1.807, 2.05) is 0 Å². The number of thiophene rings is 1. The van der Waals surface area contributed by atoms with Crippen LogP contribution < -0.4 is 5.32 Å². The molecule has 2 heterocycles. The van der Waals surface area contributed by atoms with Crippen LogP contribution in [0.1, 0.15) is 40.8 Å². The molecule has 0 aliphatic rings. The maximum Gasteiger partial charge on any atom is 0.331 e. The van der Waals surface area contributed by atoms with Gasteiger partial charge in [0.1, 0.15) is 0 Å². The highest BCUT2D eigenvalue weighted by Crippen LogP contribution is 2.20. The number of amides is 1. The van der Waals surface area contributed by atoms with Gasteiger partial charge < -0.3 is 10.4 Å². The summed E-state index contributed by atoms with van der Waals surface area (Å²) in [6.45, 7) is 4.44. The Hall–Kier alpha value is -2.48. The fourth-order valence-electron chi connectivity index (χ4n) is 1.62. The molecule has 2 N–H and O–H groups in total. The summed E-state index contributed by atoms with van der Waals surface area (Å²) in [6, 6.07) is 1.52. The molecule has 0 saturated heterocycles. The van der Waals surface area contributed by atoms with Crippen molar-refractivity contribution in [2.45, 2.75) is 26.3 Å². The van der Waals surface area contributed by atoms with Crippen LogP contribution in [0.25, 0.3) is 0 Å². The lowest BCUT2D eigenvalue weighted by molar-refractivity contribution is -0.146. The van der Waals surface area contributed by atoms with Crippen LogP contribution in [-0.4, -0.2) is 32.5 Å². The number of hydrogen-bond donors (Lipinski definition) is 2. The number of nitrogens with one attached hydrogen (secondary N) is 1. The Kier molecular flexibility index (Phi) is 4.14. The molecule has 0 spiro atoms. The molecular formula is C14H15N3O4S. The van der Waals surface area contributed by atoms with Crippen molar-refractivity contribution in [1.82, 2.24) is 9.78 Å². The number of rotatable bonds is 5. The summed E-state index contributed by atoms with van der Waals surface area (Å²) in [7, 11) is 0. The predicted molar refractivity (Wildman–Crippen MR) is 81.5 cm³/mol. The fourth-order valence-corrected chi connectivity index (χ4v) is 2.46. The second kappa shape index (κ2) is 5.72. The molecule has 22 heavy (non-hydrogen) atoms. The second-order valence-electron chi connectivity index (χ2n) is 5.25. The van der Waals surface area contributed by atoms with E-state index >= 15 is 0 Å². The zero-order valence-corrected chi connectivity index (χ0v) is 13.1. The molecule has 0 saturated carbocycles. The van der Waals surface area contributed by atoms with Gasteiger partial charge in [-0.15, -0.1) is 11.3 Å². The highest BCUT2D eigenvalue weighted by molar-refractivity contribution is 7.12. The van der Waals surface area contributed by atoms with Gasteiger partial charge in [0.15, 0.2) is 11.3 Å². The zero-order chi connectivity index (χ0) is 16.5. The van der Waals surface area contributed by atoms with Crippen molar-refractivity contribution in [2.75, 3.05) is 5.32 Å². The highest BCUT2D eigenvalue weighted by atomic mass is 32.1. The Morgan fingerprint density at radius 3 is 2.59 bits per heavy atom. The second-order valence-corrected chi connectivity index (χ2v) is 6.16. The first-order valence-corrected chi connectivity index (χ1v) is 7.29. The summed E-state index contributed by atoms with van der Waals surface area (Å²) in [5.41, 5.74) is -0.344. The number of carboxylic acid groups (broad SMARTS) is 1. The third kappa shape index (κ3) is 3.06. The first-order valence-electron chi connectivity index (χ1n) is 6.41. The molecule has 0 atom stereocenters. The maximum absolute atomic E-state index is 12.1. The maximum atomic E-state index is 12.1. The molecule has 7 nitrogen and oxygen atoms in total. The van der Waals surface area contributed by atoms with Gasteiger partial charge in [-0.25, -0.2) is 4.79 Å². The van der Waals surface area contributed by atoms with Crippen molar-refractivity contribution in [3.05, 3.63) is 34.3 Å². The number of aromatic nitrogens is 2. The Labute approximate surface area is 130 Å². The molecular weight excluding hydrogens is 306 g/mol. The molecule has 1 amide bonds. The van der Waals surface area contributed by atoms with Crippen molar-refractivity contribution >= 4 is 34.7 Å². The van der Waals surface area contributed by atoms with E-state index in [-0.39, 0.29) is 11.7 Å². The topological polar surface area (TPSA) is 101 Å². The van der Waals surface area contributed by atoms with Crippen molar-refractivity contribution in [2.24, 2.45) is 0 Å². The van der Waals surface area contributed by atoms with E-state index in [0.29, 0.717) is 16.1 Å². The molecule has 2 aromatic heterocycles. The third-order valence-corrected chi connectivity index (χ3v) is 4.10. The van der Waals surface area contributed by atoms with Gasteiger partial charge in [0.2, 0.25) is 0 Å². The van der Waals surface area contributed by atoms with E-state index in [1.165, 1.54) is 55.2 Å². The number of Topliss-reactive ketones (excluding diaryl/α,β-unsaturated/α-hetero) is 1. The molecule has 2 rings (SSSR count). The number of aliphatic carboxylic acids is 1. The average Bonchev–Trinajstić information content (AvgIpc) is 3.07. The minimum absolute atomic E-state index is 0.105. The van der Waals surface area contributed by atoms with E-state index in [9.17, 15) is 14.4 Å². The largest absolute Gasteiger partial charge is 0.479 e. The summed E-state index contributed by atoms with van der Waals surface area (Å²) in [5, 5.41) is 17.3. The lowest BCUT2D eigenvalue weighted by Gasteiger charge is -2.19. The standard InChI is InChI=1S/C14H15N3O4S/c1-8(18)9-4-11(22-7-9)12(19)16-10-5-15-17(6-10)14(2,3)13(20)21/h4-7H,1-3H3,(H,16,19)(H,20,21). The number of nitrogens with zero attached hydrogens (tertiary/aromatic N) is 2. The van der Waals surface area contributed by atoms with E-state index in [0.717, 1.165) is 0 Å². The monoisotopic (exact) mass is 321 g/mol. The van der Waals surface area contributed by atoms with Crippen molar-refractivity contribution < 1.29 is 19.5 Å². The van der Waals surface area contributed by atoms with Crippen LogP contribution in [0, 0.1) is 0 Å². The number of carbonyl (C=O) groups excluding carboxylic acids is 2. The van der Waals surface area contributed by atoms with Gasteiger partial charge in [-0.2, -0.15) is 5.10 Å². The van der Waals surface area contributed by atoms with Crippen LogP contribution in [0.3, 0.4) is 0 Å². The van der Waals surface area contributed by atoms with Crippen LogP contribution in [-0.2, 0) is 10.3 Å². The molecule has 0 aliphatic heterocycles. The lowest BCUT2D eigenvalue weighted by atomic mass is 10.1. The number of hydrogen-bond acceptors (Lipinski definition) is 5. The van der Waals surface area contributed by atoms with E-state index in [2.05, 4.69) is 10.4 Å². The Morgan fingerprint density at radius 1 is 1.36 bits per heavy atom. The van der Waals surface area contributed by atoms with Crippen LogP contribution in [0.15, 0.2) is 23.8 Å². The molecule has 2 aromatic rings. The van der Waals surface area contributed by atoms with Gasteiger partial charge in [-0.3, -0.25) is 14.3 Å². The average molecular weight is 321 g/mol. The van der Waals surface area contributed by atoms with Crippen LogP contribution in [0.2, 0.25) is 0 Å². The molecule has 0 radical (unpaired) electrons. The minimum atomic E-state index is -1.21. The van der Waals surface area contributed by atoms with Crippen molar-refractivity contribution in [3.8, 4) is 0 Å². The lowest BCUT2D eigenvalue weighted by Crippen LogP contribution is -2.35. The third-order valence-electron chi connectivity index (χ3n) is 3.17. The van der Waals surface area contributed by atoms with E-state index in [4.69, 9.17) is 5.11 Å². The molecule has 0 aromatic carbocycles. The molecule has 0 bridgehead atoms. The first kappa shape index (κ1) is 15.9. The van der Waals surface area contributed by atoms with Crippen LogP contribution >= 0.6 is 11.3 Å². The summed E-state index contributed by atoms with van der Waals surface area (Å²) in [6.07, 6.45) is 2.83. The van der Waals surface area contributed by atoms with Crippen LogP contribution in [0.4, 0.5) is 5.69 Å². The van der Waals surface area contributed by atoms with Gasteiger partial charge in [0.25, 0.3) is 5.91 Å². The predicted octanol–water partition coefficient (Wildman–Crippen LogP) is 2.22. The van der Waals surface area contributed by atoms with E-state index in [1.54, 1.807) is 5.38 Å². The molecule has 8 heteroatoms. The minimum Gasteiger partial charge on any atom is -0.479 e. The first-order chi connectivity index (χ1) is 10.2. The summed E-state index contributed by atoms with van der Waals surface area (Å²) in [5.74, 6) is -1.51. The summed E-state index contributed by atoms with van der Waals surface area (Å²) in [4.78, 5) is 34.9. The Bertz CT molecular complexity index is 745. The number of ketones is 1. The highest BCUT2D eigenvalue weighted by Gasteiger charge is 2.30. The Balaban J connectivity index is 2.14. The van der Waals surface area contributed by atoms with E-state index < -0.39 is 11.5 Å². The van der Waals surface area contributed by atoms with Gasteiger partial charge >= 0.3 is 5.97 Å². The SMILES string of the molecule is CC(=O)c1csc(C(=O)Nc2cnn(C(C)(C)C(=O)O)c2)c1. The Morgan fingerprint density at radius 2 is 2.05 bits per heavy atom. The van der Waals surface area contributed by atoms with Gasteiger partial charge in [-0.1, -0.05) is 0 Å². The van der Waals surface area contributed by atoms with Gasteiger partial charge in [0, 0.05) is 17.1 Å². The van der Waals surface area contributed by atoms with Crippen molar-refractivity contribution in [1.29, 1.82) is 0 Å². The van der Waals surface area contributed by atoms with Crippen molar-refractivity contribution in [3.63, 3.8) is 0 Å². The molecule has 0 unspecified atom stereocenters. The number of carbonyl (C=O) groups is 3. The summed E-state index contributed by atoms with van der Waals surface area (Å²) < 4.78 is 1.26. The van der Waals surface area contributed by atoms with Gasteiger partial charge in [-0.05, 0) is 26.8 Å². The number of carboxylic acids is 1. The summed E-state index contributed by atoms with van der Waals surface area (Å²) >= 11 is 1.17. The zero-order valence-electron chi connectivity index (χ0n) is 12.3.